The number of carbonyl (C=O) groups is 1. The molecule has 0 aliphatic carbocycles. The molecule has 17 heavy (non-hydrogen) atoms. The van der Waals surface area contributed by atoms with Gasteiger partial charge in [-0.2, -0.15) is 0 Å². The lowest BCUT2D eigenvalue weighted by molar-refractivity contribution is -0.119. The van der Waals surface area contributed by atoms with Crippen LogP contribution in [0.2, 0.25) is 0 Å². The van der Waals surface area contributed by atoms with Crippen molar-refractivity contribution in [2.24, 2.45) is 16.1 Å². The maximum absolute atomic E-state index is 11.9. The lowest BCUT2D eigenvalue weighted by Crippen LogP contribution is -2.40. The smallest absolute Gasteiger partial charge is 0.266 e. The van der Waals surface area contributed by atoms with E-state index in [-0.39, 0.29) is 11.3 Å². The van der Waals surface area contributed by atoms with E-state index in [1.807, 2.05) is 20.8 Å². The number of nitrogens with zero attached hydrogens (tertiary/aromatic N) is 2. The van der Waals surface area contributed by atoms with Gasteiger partial charge in [0.15, 0.2) is 11.9 Å². The monoisotopic (exact) mass is 235 g/mol. The highest BCUT2D eigenvalue weighted by molar-refractivity contribution is 6.12. The average Bonchev–Trinajstić information content (AvgIpc) is 2.66. The van der Waals surface area contributed by atoms with Crippen LogP contribution in [0.25, 0.3) is 0 Å². The van der Waals surface area contributed by atoms with Crippen molar-refractivity contribution in [2.45, 2.75) is 26.9 Å². The van der Waals surface area contributed by atoms with Crippen molar-refractivity contribution >= 4 is 17.3 Å². The highest BCUT2D eigenvalue weighted by Crippen LogP contribution is 2.32. The molecule has 5 nitrogen and oxygen atoms in total. The molecule has 2 rings (SSSR count). The average molecular weight is 235 g/mol. The maximum Gasteiger partial charge on any atom is 0.266 e. The van der Waals surface area contributed by atoms with Crippen LogP contribution in [-0.4, -0.2) is 24.8 Å². The summed E-state index contributed by atoms with van der Waals surface area (Å²) >= 11 is 0. The van der Waals surface area contributed by atoms with E-state index >= 15 is 0 Å². The minimum Gasteiger partial charge on any atom is -0.461 e. The zero-order valence-corrected chi connectivity index (χ0v) is 10.5. The van der Waals surface area contributed by atoms with E-state index in [9.17, 15) is 4.79 Å². The Balaban J connectivity index is 2.64. The summed E-state index contributed by atoms with van der Waals surface area (Å²) in [6.07, 6.45) is 0.698. The van der Waals surface area contributed by atoms with Crippen LogP contribution in [0.1, 0.15) is 26.5 Å². The third-order valence-electron chi connectivity index (χ3n) is 2.78. The van der Waals surface area contributed by atoms with E-state index < -0.39 is 6.17 Å². The first-order chi connectivity index (χ1) is 7.82. The van der Waals surface area contributed by atoms with Crippen molar-refractivity contribution in [3.8, 4) is 0 Å². The van der Waals surface area contributed by atoms with Crippen LogP contribution < -0.4 is 10.6 Å². The number of furan rings is 1. The van der Waals surface area contributed by atoms with Crippen LogP contribution in [-0.2, 0) is 4.79 Å². The highest BCUT2D eigenvalue weighted by Gasteiger charge is 2.34. The Hall–Kier alpha value is -1.62. The van der Waals surface area contributed by atoms with Gasteiger partial charge in [-0.05, 0) is 0 Å². The molecule has 1 atom stereocenters. The SMILES string of the molecule is CN1C(=O)C(N)N=C(C(C)(C)C)c2occc21. The molecular formula is C12H17N3O2. The van der Waals surface area contributed by atoms with E-state index in [1.54, 1.807) is 19.4 Å². The number of hydrogen-bond donors (Lipinski definition) is 1. The fourth-order valence-corrected chi connectivity index (χ4v) is 1.85. The van der Waals surface area contributed by atoms with Crippen molar-refractivity contribution in [3.63, 3.8) is 0 Å². The number of aliphatic imine (C=N–C) groups is 1. The van der Waals surface area contributed by atoms with Crippen LogP contribution in [0.4, 0.5) is 5.69 Å². The molecule has 0 saturated heterocycles. The highest BCUT2D eigenvalue weighted by atomic mass is 16.3. The molecule has 0 radical (unpaired) electrons. The van der Waals surface area contributed by atoms with Crippen molar-refractivity contribution in [1.82, 2.24) is 0 Å². The van der Waals surface area contributed by atoms with Gasteiger partial charge in [0.05, 0.1) is 17.7 Å². The third kappa shape index (κ3) is 1.86. The Labute approximate surface area is 100 Å². The van der Waals surface area contributed by atoms with E-state index in [2.05, 4.69) is 4.99 Å². The second-order valence-corrected chi connectivity index (χ2v) is 5.20. The second-order valence-electron chi connectivity index (χ2n) is 5.20. The zero-order chi connectivity index (χ0) is 12.8. The number of rotatable bonds is 0. The molecule has 92 valence electrons. The zero-order valence-electron chi connectivity index (χ0n) is 10.5. The summed E-state index contributed by atoms with van der Waals surface area (Å²) in [5.74, 6) is 0.396. The first-order valence-electron chi connectivity index (χ1n) is 5.51. The Morgan fingerprint density at radius 3 is 2.71 bits per heavy atom. The van der Waals surface area contributed by atoms with Crippen molar-refractivity contribution in [3.05, 3.63) is 18.1 Å². The van der Waals surface area contributed by atoms with Gasteiger partial charge in [-0.25, -0.2) is 0 Å². The summed E-state index contributed by atoms with van der Waals surface area (Å²) in [7, 11) is 1.68. The largest absolute Gasteiger partial charge is 0.461 e. The van der Waals surface area contributed by atoms with Crippen LogP contribution in [0.3, 0.4) is 0 Å². The van der Waals surface area contributed by atoms with Crippen LogP contribution >= 0.6 is 0 Å². The molecule has 5 heteroatoms. The molecule has 1 aromatic heterocycles. The van der Waals surface area contributed by atoms with Gasteiger partial charge in [-0.1, -0.05) is 20.8 Å². The van der Waals surface area contributed by atoms with E-state index in [4.69, 9.17) is 10.2 Å². The number of anilines is 1. The summed E-state index contributed by atoms with van der Waals surface area (Å²) in [6.45, 7) is 6.04. The van der Waals surface area contributed by atoms with Crippen LogP contribution in [0.5, 0.6) is 0 Å². The second kappa shape index (κ2) is 3.70. The molecule has 0 spiro atoms. The predicted molar refractivity (Wildman–Crippen MR) is 66.1 cm³/mol. The summed E-state index contributed by atoms with van der Waals surface area (Å²) in [4.78, 5) is 17.7. The minimum atomic E-state index is -0.864. The molecule has 0 fully saturated rings. The summed E-state index contributed by atoms with van der Waals surface area (Å²) in [5, 5.41) is 0. The molecule has 0 aromatic carbocycles. The van der Waals surface area contributed by atoms with Crippen LogP contribution in [0, 0.1) is 5.41 Å². The molecule has 2 N–H and O–H groups in total. The Morgan fingerprint density at radius 1 is 1.47 bits per heavy atom. The predicted octanol–water partition coefficient (Wildman–Crippen LogP) is 1.38. The first-order valence-corrected chi connectivity index (χ1v) is 5.51. The van der Waals surface area contributed by atoms with Gasteiger partial charge in [-0.3, -0.25) is 9.79 Å². The fourth-order valence-electron chi connectivity index (χ4n) is 1.85. The molecular weight excluding hydrogens is 218 g/mol. The molecule has 1 aromatic rings. The fraction of sp³-hybridized carbons (Fsp3) is 0.500. The lowest BCUT2D eigenvalue weighted by atomic mass is 9.88. The third-order valence-corrected chi connectivity index (χ3v) is 2.78. The summed E-state index contributed by atoms with van der Waals surface area (Å²) in [5.41, 5.74) is 6.99. The van der Waals surface area contributed by atoms with Crippen molar-refractivity contribution < 1.29 is 9.21 Å². The van der Waals surface area contributed by atoms with Crippen molar-refractivity contribution in [2.75, 3.05) is 11.9 Å². The van der Waals surface area contributed by atoms with E-state index in [1.165, 1.54) is 4.90 Å². The molecule has 1 aliphatic heterocycles. The van der Waals surface area contributed by atoms with Gasteiger partial charge in [0.25, 0.3) is 5.91 Å². The Morgan fingerprint density at radius 2 is 2.12 bits per heavy atom. The van der Waals surface area contributed by atoms with Gasteiger partial charge in [-0.15, -0.1) is 0 Å². The van der Waals surface area contributed by atoms with Crippen molar-refractivity contribution in [1.29, 1.82) is 0 Å². The topological polar surface area (TPSA) is 71.8 Å². The number of amides is 1. The molecule has 1 aliphatic rings. The summed E-state index contributed by atoms with van der Waals surface area (Å²) < 4.78 is 5.46. The molecule has 2 heterocycles. The van der Waals surface area contributed by atoms with Gasteiger partial charge in [0.1, 0.15) is 0 Å². The number of fused-ring (bicyclic) bond motifs is 1. The number of nitrogens with two attached hydrogens (primary N) is 1. The number of carbonyl (C=O) groups excluding carboxylic acids is 1. The molecule has 1 amide bonds. The number of likely N-dealkylation sites (N-methyl/N-ethyl adjacent to an activating group) is 1. The normalized spacial score (nSPS) is 21.0. The van der Waals surface area contributed by atoms with Gasteiger partial charge < -0.3 is 15.1 Å². The maximum atomic E-state index is 11.9. The standard InChI is InChI=1S/C12H17N3O2/c1-12(2,3)9-8-7(5-6-17-8)15(4)11(16)10(13)14-9/h5-6,10H,13H2,1-4H3. The number of hydrogen-bond acceptors (Lipinski definition) is 4. The van der Waals surface area contributed by atoms with E-state index in [0.29, 0.717) is 5.76 Å². The van der Waals surface area contributed by atoms with Gasteiger partial charge >= 0.3 is 0 Å². The quantitative estimate of drug-likeness (QED) is 0.738. The minimum absolute atomic E-state index is 0.227. The molecule has 0 bridgehead atoms. The first kappa shape index (κ1) is 11.9. The summed E-state index contributed by atoms with van der Waals surface area (Å²) in [6, 6.07) is 1.76. The van der Waals surface area contributed by atoms with Gasteiger partial charge in [0, 0.05) is 18.5 Å². The van der Waals surface area contributed by atoms with Crippen LogP contribution in [0.15, 0.2) is 21.7 Å². The molecule has 1 unspecified atom stereocenters. The Kier molecular flexibility index (Phi) is 2.58. The van der Waals surface area contributed by atoms with Gasteiger partial charge in [0.2, 0.25) is 0 Å². The lowest BCUT2D eigenvalue weighted by Gasteiger charge is -2.20. The van der Waals surface area contributed by atoms with E-state index in [0.717, 1.165) is 11.4 Å². The Bertz CT molecular complexity index is 482. The molecule has 0 saturated carbocycles.